The number of benzene rings is 2. The first-order valence-corrected chi connectivity index (χ1v) is 6.40. The Hall–Kier alpha value is -2.39. The van der Waals surface area contributed by atoms with Gasteiger partial charge in [0.2, 0.25) is 6.41 Å². The van der Waals surface area contributed by atoms with Crippen molar-refractivity contribution in [1.29, 1.82) is 0 Å². The minimum atomic E-state index is -1.16. The third-order valence-corrected chi connectivity index (χ3v) is 3.09. The maximum atomic E-state index is 10.6. The molecule has 1 unspecified atom stereocenters. The van der Waals surface area contributed by atoms with Crippen molar-refractivity contribution in [2.24, 2.45) is 0 Å². The highest BCUT2D eigenvalue weighted by Crippen LogP contribution is 2.29. The largest absolute Gasteiger partial charge is 0.381 e. The molecule has 2 N–H and O–H groups in total. The topological polar surface area (TPSA) is 49.3 Å². The van der Waals surface area contributed by atoms with Crippen molar-refractivity contribution < 1.29 is 9.90 Å². The average Bonchev–Trinajstić information content (AvgIpc) is 2.47. The van der Waals surface area contributed by atoms with Gasteiger partial charge in [-0.25, -0.2) is 0 Å². The Morgan fingerprint density at radius 2 is 1.70 bits per heavy atom. The normalized spacial score (nSPS) is 13.9. The number of carbonyl (C=O) groups excluding carboxylic acids is 1. The van der Waals surface area contributed by atoms with E-state index in [0.717, 1.165) is 5.56 Å². The lowest BCUT2D eigenvalue weighted by Gasteiger charge is -2.22. The number of hydrogen-bond acceptors (Lipinski definition) is 2. The van der Waals surface area contributed by atoms with E-state index in [1.807, 2.05) is 48.5 Å². The summed E-state index contributed by atoms with van der Waals surface area (Å²) in [4.78, 5) is 10.6. The van der Waals surface area contributed by atoms with Crippen LogP contribution in [0, 0.1) is 0 Å². The molecule has 0 aliphatic carbocycles. The smallest absolute Gasteiger partial charge is 0.211 e. The standard InChI is InChI=1S/C17H17NO2/c1-17(20,12-11-14-7-3-2-4-8-14)15-9-5-6-10-16(15)18-13-19/h2-13,20H,1H3,(H,18,19)/b12-11+. The summed E-state index contributed by atoms with van der Waals surface area (Å²) in [6.45, 7) is 1.69. The second-order valence-electron chi connectivity index (χ2n) is 4.70. The predicted molar refractivity (Wildman–Crippen MR) is 81.2 cm³/mol. The monoisotopic (exact) mass is 267 g/mol. The van der Waals surface area contributed by atoms with Crippen LogP contribution in [0.4, 0.5) is 5.69 Å². The molecule has 3 heteroatoms. The molecule has 1 amide bonds. The number of anilines is 1. The highest BCUT2D eigenvalue weighted by atomic mass is 16.3. The van der Waals surface area contributed by atoms with E-state index in [1.54, 1.807) is 25.1 Å². The molecule has 0 aromatic heterocycles. The van der Waals surface area contributed by atoms with Gasteiger partial charge in [-0.1, -0.05) is 54.6 Å². The van der Waals surface area contributed by atoms with Gasteiger partial charge in [0, 0.05) is 11.3 Å². The summed E-state index contributed by atoms with van der Waals surface area (Å²) >= 11 is 0. The number of rotatable bonds is 5. The summed E-state index contributed by atoms with van der Waals surface area (Å²) in [5.74, 6) is 0. The van der Waals surface area contributed by atoms with Gasteiger partial charge in [0.25, 0.3) is 0 Å². The van der Waals surface area contributed by atoms with Gasteiger partial charge >= 0.3 is 0 Å². The lowest BCUT2D eigenvalue weighted by molar-refractivity contribution is -0.105. The second kappa shape index (κ2) is 6.17. The molecule has 2 aromatic carbocycles. The number of carbonyl (C=O) groups is 1. The van der Waals surface area contributed by atoms with Crippen molar-refractivity contribution in [3.8, 4) is 0 Å². The van der Waals surface area contributed by atoms with Crippen molar-refractivity contribution in [2.45, 2.75) is 12.5 Å². The molecule has 0 aliphatic rings. The van der Waals surface area contributed by atoms with Crippen LogP contribution in [0.5, 0.6) is 0 Å². The maximum absolute atomic E-state index is 10.6. The Kier molecular flexibility index (Phi) is 4.33. The van der Waals surface area contributed by atoms with Gasteiger partial charge < -0.3 is 10.4 Å². The maximum Gasteiger partial charge on any atom is 0.211 e. The van der Waals surface area contributed by atoms with Crippen molar-refractivity contribution >= 4 is 18.2 Å². The summed E-state index contributed by atoms with van der Waals surface area (Å²) in [6, 6.07) is 16.9. The van der Waals surface area contributed by atoms with Crippen molar-refractivity contribution in [2.75, 3.05) is 5.32 Å². The molecule has 0 saturated carbocycles. The predicted octanol–water partition coefficient (Wildman–Crippen LogP) is 3.18. The molecule has 20 heavy (non-hydrogen) atoms. The minimum Gasteiger partial charge on any atom is -0.381 e. The van der Waals surface area contributed by atoms with Crippen molar-refractivity contribution in [1.82, 2.24) is 0 Å². The van der Waals surface area contributed by atoms with E-state index in [9.17, 15) is 9.90 Å². The molecular weight excluding hydrogens is 250 g/mol. The molecule has 0 radical (unpaired) electrons. The first-order chi connectivity index (χ1) is 9.63. The highest BCUT2D eigenvalue weighted by molar-refractivity contribution is 5.74. The van der Waals surface area contributed by atoms with Crippen molar-refractivity contribution in [3.05, 3.63) is 71.8 Å². The molecular formula is C17H17NO2. The van der Waals surface area contributed by atoms with E-state index in [-0.39, 0.29) is 0 Å². The SMILES string of the molecule is CC(O)(/C=C/c1ccccc1)c1ccccc1NC=O. The zero-order chi connectivity index (χ0) is 14.4. The van der Waals surface area contributed by atoms with Crippen LogP contribution in [0.1, 0.15) is 18.1 Å². The molecule has 0 fully saturated rings. The highest BCUT2D eigenvalue weighted by Gasteiger charge is 2.22. The van der Waals surface area contributed by atoms with Gasteiger partial charge in [0.05, 0.1) is 0 Å². The van der Waals surface area contributed by atoms with Gasteiger partial charge in [-0.2, -0.15) is 0 Å². The number of aliphatic hydroxyl groups is 1. The van der Waals surface area contributed by atoms with E-state index in [2.05, 4.69) is 5.32 Å². The summed E-state index contributed by atoms with van der Waals surface area (Å²) < 4.78 is 0. The van der Waals surface area contributed by atoms with Crippen LogP contribution < -0.4 is 5.32 Å². The fourth-order valence-corrected chi connectivity index (χ4v) is 2.03. The van der Waals surface area contributed by atoms with Crippen LogP contribution in [0.3, 0.4) is 0 Å². The number of hydrogen-bond donors (Lipinski definition) is 2. The molecule has 1 atom stereocenters. The van der Waals surface area contributed by atoms with Gasteiger partial charge in [-0.15, -0.1) is 0 Å². The Bertz CT molecular complexity index is 603. The molecule has 0 heterocycles. The van der Waals surface area contributed by atoms with E-state index < -0.39 is 5.60 Å². The third-order valence-electron chi connectivity index (χ3n) is 3.09. The number of nitrogens with one attached hydrogen (secondary N) is 1. The molecule has 0 bridgehead atoms. The van der Waals surface area contributed by atoms with Crippen LogP contribution in [-0.4, -0.2) is 11.5 Å². The first kappa shape index (κ1) is 14.0. The molecule has 0 saturated heterocycles. The third kappa shape index (κ3) is 3.33. The fraction of sp³-hybridized carbons (Fsp3) is 0.118. The number of para-hydroxylation sites is 1. The summed E-state index contributed by atoms with van der Waals surface area (Å²) in [7, 11) is 0. The zero-order valence-corrected chi connectivity index (χ0v) is 11.3. The lowest BCUT2D eigenvalue weighted by atomic mass is 9.93. The van der Waals surface area contributed by atoms with E-state index in [1.165, 1.54) is 0 Å². The quantitative estimate of drug-likeness (QED) is 0.817. The second-order valence-corrected chi connectivity index (χ2v) is 4.70. The van der Waals surface area contributed by atoms with E-state index in [0.29, 0.717) is 17.7 Å². The zero-order valence-electron chi connectivity index (χ0n) is 11.3. The van der Waals surface area contributed by atoms with Crippen molar-refractivity contribution in [3.63, 3.8) is 0 Å². The Balaban J connectivity index is 2.30. The Morgan fingerprint density at radius 3 is 2.40 bits per heavy atom. The van der Waals surface area contributed by atoms with Crippen LogP contribution in [0.15, 0.2) is 60.7 Å². The lowest BCUT2D eigenvalue weighted by Crippen LogP contribution is -2.19. The average molecular weight is 267 g/mol. The van der Waals surface area contributed by atoms with Gasteiger partial charge in [-0.05, 0) is 24.6 Å². The molecule has 102 valence electrons. The number of amides is 1. The van der Waals surface area contributed by atoms with Gasteiger partial charge in [0.15, 0.2) is 0 Å². The van der Waals surface area contributed by atoms with E-state index in [4.69, 9.17) is 0 Å². The summed E-state index contributed by atoms with van der Waals surface area (Å²) in [5.41, 5.74) is 1.10. The van der Waals surface area contributed by atoms with Crippen LogP contribution in [0.2, 0.25) is 0 Å². The molecule has 2 rings (SSSR count). The van der Waals surface area contributed by atoms with Gasteiger partial charge in [0.1, 0.15) is 5.60 Å². The van der Waals surface area contributed by atoms with Gasteiger partial charge in [-0.3, -0.25) is 4.79 Å². The van der Waals surface area contributed by atoms with E-state index >= 15 is 0 Å². The molecule has 0 aliphatic heterocycles. The van der Waals surface area contributed by atoms with Crippen LogP contribution in [0.25, 0.3) is 6.08 Å². The molecule has 2 aromatic rings. The van der Waals surface area contributed by atoms with Crippen LogP contribution >= 0.6 is 0 Å². The fourth-order valence-electron chi connectivity index (χ4n) is 2.03. The Labute approximate surface area is 118 Å². The summed E-state index contributed by atoms with van der Waals surface area (Å²) in [6.07, 6.45) is 4.18. The first-order valence-electron chi connectivity index (χ1n) is 6.40. The minimum absolute atomic E-state index is 0.602. The molecule has 3 nitrogen and oxygen atoms in total. The Morgan fingerprint density at radius 1 is 1.05 bits per heavy atom. The molecule has 0 spiro atoms. The van der Waals surface area contributed by atoms with Crippen LogP contribution in [-0.2, 0) is 10.4 Å². The summed E-state index contributed by atoms with van der Waals surface area (Å²) in [5, 5.41) is 13.2.